The Bertz CT molecular complexity index is 5430. The molecule has 8 amide bonds. The molecule has 0 spiro atoms. The molecular formula is C103H128Cl2N10O19S. The molecule has 16 rings (SSSR count). The number of piperazine rings is 1. The lowest BCUT2D eigenvalue weighted by atomic mass is 9.48. The predicted octanol–water partition coefficient (Wildman–Crippen LogP) is 14.6. The number of carboxylic acid groups (broad SMARTS) is 2. The average Bonchev–Trinajstić information content (AvgIpc) is 1.26. The number of hydrogen-bond acceptors (Lipinski definition) is 21. The van der Waals surface area contributed by atoms with E-state index in [-0.39, 0.29) is 86.4 Å². The molecule has 6 heterocycles. The minimum absolute atomic E-state index is 0. The van der Waals surface area contributed by atoms with Gasteiger partial charge in [-0.2, -0.15) is 0 Å². The lowest BCUT2D eigenvalue weighted by Crippen LogP contribution is -2.57. The molecule has 29 nitrogen and oxygen atoms in total. The van der Waals surface area contributed by atoms with Crippen LogP contribution < -0.4 is 36.3 Å². The number of Topliss-reactive ketones (excluding diaryl/α,β-unsaturated/α-hetero) is 3. The van der Waals surface area contributed by atoms with Crippen LogP contribution in [0.3, 0.4) is 0 Å². The number of carboxylic acids is 2. The van der Waals surface area contributed by atoms with E-state index >= 15 is 0 Å². The van der Waals surface area contributed by atoms with Crippen molar-refractivity contribution in [2.24, 2.45) is 51.0 Å². The van der Waals surface area contributed by atoms with Crippen LogP contribution in [0.25, 0.3) is 10.4 Å². The summed E-state index contributed by atoms with van der Waals surface area (Å²) in [6.07, 6.45) is 10.2. The number of hydrogen-bond donors (Lipinski definition) is 8. The van der Waals surface area contributed by atoms with Crippen molar-refractivity contribution in [3.8, 4) is 27.7 Å². The number of nitrogens with one attached hydrogen (secondary N) is 2. The number of aryl methyl sites for hydroxylation is 2. The number of thiophene rings is 1. The highest BCUT2D eigenvalue weighted by Gasteiger charge is 2.52. The topological polar surface area (TPSA) is 418 Å². The first-order chi connectivity index (χ1) is 63.5. The summed E-state index contributed by atoms with van der Waals surface area (Å²) < 4.78 is 16.7. The maximum absolute atomic E-state index is 14.6. The molecule has 724 valence electrons. The Morgan fingerprint density at radius 1 is 0.748 bits per heavy atom. The minimum atomic E-state index is -1.34. The third kappa shape index (κ3) is 27.2. The number of aliphatic imine (C=N–C) groups is 1. The summed E-state index contributed by atoms with van der Waals surface area (Å²) >= 11 is 14.2. The molecular weight excluding hydrogens is 1780 g/mol. The van der Waals surface area contributed by atoms with Gasteiger partial charge in [0, 0.05) is 71.6 Å². The number of amides is 8. The van der Waals surface area contributed by atoms with E-state index in [4.69, 9.17) is 59.0 Å². The van der Waals surface area contributed by atoms with Gasteiger partial charge in [0.2, 0.25) is 17.7 Å². The number of allylic oxidation sites excluding steroid dienone is 1. The van der Waals surface area contributed by atoms with Gasteiger partial charge in [-0.05, 0) is 233 Å². The molecule has 0 radical (unpaired) electrons. The van der Waals surface area contributed by atoms with Crippen LogP contribution in [0.5, 0.6) is 17.2 Å². The van der Waals surface area contributed by atoms with Gasteiger partial charge in [-0.1, -0.05) is 157 Å². The zero-order valence-corrected chi connectivity index (χ0v) is 80.1. The molecule has 9 atom stereocenters. The zero-order valence-electron chi connectivity index (χ0n) is 77.8. The Balaban J connectivity index is 0.000000182. The molecule has 3 saturated heterocycles. The number of benzene rings is 6. The van der Waals surface area contributed by atoms with Crippen LogP contribution in [0.1, 0.15) is 213 Å². The maximum Gasteiger partial charge on any atom is 0.341 e. The SMILES string of the molecule is C.C=C1CCC(N2C(=O)c3cccc(OCC(=O)O)c3C2=O)C(=O)N1.CC(=O)CC12CC3CC(CC(C3)C1)C2.CC(=O)[C@@H](CC(C)C)NC(=O)[C@H](O)[C@@H](N)Cc1ccccc1.COc1ccc(C2=N[C@H](c3ccc(Cl)cc3)[C@H](c3ccc(Cl)cc3)N2C(=O)N2CCN(CC(=O)O)C(=O)C2)c(OC(C)C)c1.Cc1ccsc1-c1ccc(CCC(=O)[C@H]2C[C@H](O)CN2C(=O)[C@H](N)C(C)(C)C)cc1. The summed E-state index contributed by atoms with van der Waals surface area (Å²) in [5, 5.41) is 46.4. The van der Waals surface area contributed by atoms with Crippen molar-refractivity contribution in [2.45, 2.75) is 227 Å². The van der Waals surface area contributed by atoms with E-state index in [1.54, 1.807) is 72.7 Å². The van der Waals surface area contributed by atoms with E-state index in [0.717, 1.165) is 51.3 Å². The summed E-state index contributed by atoms with van der Waals surface area (Å²) in [7, 11) is 1.56. The number of ether oxygens (including phenoxy) is 3. The number of nitrogens with zero attached hydrogens (tertiary/aromatic N) is 6. The number of amidine groups is 1. The van der Waals surface area contributed by atoms with Crippen molar-refractivity contribution >= 4 is 111 Å². The Morgan fingerprint density at radius 3 is 1.93 bits per heavy atom. The number of halogens is 2. The summed E-state index contributed by atoms with van der Waals surface area (Å²) in [5.41, 5.74) is 19.4. The standard InChI is InChI=1S/C32H32Cl2N4O6.C24H32N2O3S.C17H26N2O3.C16H14N2O6.C13H20O.CH4/c1-19(2)44-26-16-24(43-3)12-13-25(26)31-35-29(20-4-8-22(33)9-5-20)30(21-6-10-23(34)11-7-21)38(31)32(42)37-15-14-36(18-28(40)41)27(39)17-37;1-15-11-12-30-21(15)17-8-5-16(6-9-17)7-10-20(28)19-13-18(27)14-26(19)23(29)22(25)24(2,3)4;1-11(2)9-15(12(3)20)19-17(22)16(21)14(18)10-13-7-5-4-6-8-13;1-8-5-6-10(14(21)17-8)18-15(22)9-3-2-4-11(13(9)16(18)23)24-7-12(19)20;1-9(14)5-13-6-10-2-11(7-13)4-12(3-10)8-13;/h4-13,16,19,29-30H,14-15,17-18H2,1-3H3,(H,40,41);5-6,8-9,11-12,18-19,22,27H,7,10,13-14,25H2,1-4H3;4-8,11,14-16,21H,9-10,18H2,1-3H3,(H,19,22);2-4,10H,1,5-7H2,(H,17,21)(H,19,20);10-12H,2-8H2,1H3;1H4/t29-,30+;18-,19+,22-;14-,15+,16+;;;/m100.../s1. The Morgan fingerprint density at radius 2 is 1.38 bits per heavy atom. The fourth-order valence-electron chi connectivity index (χ4n) is 19.3. The molecule has 5 aliphatic heterocycles. The van der Waals surface area contributed by atoms with Crippen molar-refractivity contribution < 1.29 is 92.2 Å². The highest BCUT2D eigenvalue weighted by Crippen LogP contribution is 2.61. The van der Waals surface area contributed by atoms with Gasteiger partial charge in [-0.15, -0.1) is 11.3 Å². The first kappa shape index (κ1) is 106. The molecule has 1 aromatic heterocycles. The highest BCUT2D eigenvalue weighted by molar-refractivity contribution is 7.13. The van der Waals surface area contributed by atoms with Crippen molar-refractivity contribution in [2.75, 3.05) is 46.4 Å². The number of urea groups is 1. The van der Waals surface area contributed by atoms with Crippen molar-refractivity contribution in [1.82, 2.24) is 35.1 Å². The fourth-order valence-corrected chi connectivity index (χ4v) is 20.5. The van der Waals surface area contributed by atoms with E-state index in [1.165, 1.54) is 94.4 Å². The number of carbonyl (C=O) groups is 12. The van der Waals surface area contributed by atoms with E-state index in [2.05, 4.69) is 59.8 Å². The predicted molar refractivity (Wildman–Crippen MR) is 517 cm³/mol. The minimum Gasteiger partial charge on any atom is -0.497 e. The number of aliphatic hydroxyl groups is 2. The van der Waals surface area contributed by atoms with Gasteiger partial charge in [0.1, 0.15) is 60.1 Å². The van der Waals surface area contributed by atoms with Crippen LogP contribution in [-0.2, 0) is 56.0 Å². The van der Waals surface area contributed by atoms with Gasteiger partial charge >= 0.3 is 18.0 Å². The van der Waals surface area contributed by atoms with Crippen LogP contribution in [0, 0.1) is 41.4 Å². The molecule has 6 aromatic carbocycles. The number of β-amino-alcohol motifs (C(OH)–C–C–N with tert-alkyl or cyclic N) is 1. The summed E-state index contributed by atoms with van der Waals surface area (Å²) in [6, 6.07) is 38.9. The van der Waals surface area contributed by atoms with Gasteiger partial charge < -0.3 is 76.2 Å². The Hall–Kier alpha value is -11.5. The quantitative estimate of drug-likeness (QED) is 0.0211. The van der Waals surface area contributed by atoms with Crippen LogP contribution in [0.15, 0.2) is 168 Å². The van der Waals surface area contributed by atoms with Gasteiger partial charge in [0.25, 0.3) is 17.7 Å². The smallest absolute Gasteiger partial charge is 0.341 e. The lowest BCUT2D eigenvalue weighted by molar-refractivity contribution is -0.146. The number of aliphatic carboxylic acids is 2. The highest BCUT2D eigenvalue weighted by atomic mass is 35.5. The Kier molecular flexibility index (Phi) is 36.6. The third-order valence-corrected chi connectivity index (χ3v) is 27.0. The van der Waals surface area contributed by atoms with Crippen LogP contribution in [0.2, 0.25) is 10.0 Å². The summed E-state index contributed by atoms with van der Waals surface area (Å²) in [6.45, 7) is 21.5. The van der Waals surface area contributed by atoms with Crippen LogP contribution >= 0.6 is 34.5 Å². The number of carbonyl (C=O) groups excluding carboxylic acids is 10. The molecule has 7 aromatic rings. The second-order valence-electron chi connectivity index (χ2n) is 38.0. The van der Waals surface area contributed by atoms with E-state index in [0.29, 0.717) is 88.4 Å². The van der Waals surface area contributed by atoms with E-state index in [1.807, 2.05) is 103 Å². The third-order valence-electron chi connectivity index (χ3n) is 25.5. The first-order valence-electron chi connectivity index (χ1n) is 45.5. The Labute approximate surface area is 803 Å². The van der Waals surface area contributed by atoms with Gasteiger partial charge in [0.05, 0.1) is 60.2 Å². The lowest BCUT2D eigenvalue weighted by Gasteiger charge is -2.56. The molecule has 1 unspecified atom stereocenters. The second-order valence-corrected chi connectivity index (χ2v) is 39.8. The number of rotatable bonds is 28. The molecule has 4 aliphatic carbocycles. The zero-order chi connectivity index (χ0) is 97.5. The molecule has 4 bridgehead atoms. The van der Waals surface area contributed by atoms with Gasteiger partial charge in [0.15, 0.2) is 18.2 Å². The number of methoxy groups -OCH3 is 1. The molecule has 9 aliphatic rings. The second kappa shape index (κ2) is 46.8. The average molecular weight is 1910 g/mol. The van der Waals surface area contributed by atoms with Crippen LogP contribution in [-0.4, -0.2) is 216 Å². The normalized spacial score (nSPS) is 21.7. The molecule has 135 heavy (non-hydrogen) atoms. The van der Waals surface area contributed by atoms with E-state index in [9.17, 15) is 72.9 Å². The number of nitrogens with two attached hydrogens (primary N) is 2. The number of ketones is 3. The largest absolute Gasteiger partial charge is 0.497 e. The summed E-state index contributed by atoms with van der Waals surface area (Å²) in [4.78, 5) is 161. The first-order valence-corrected chi connectivity index (χ1v) is 47.2. The van der Waals surface area contributed by atoms with Crippen molar-refractivity contribution in [3.63, 3.8) is 0 Å². The van der Waals surface area contributed by atoms with E-state index < -0.39 is 121 Å². The number of aliphatic hydroxyl groups excluding tert-OH is 2. The van der Waals surface area contributed by atoms with Crippen molar-refractivity contribution in [3.05, 3.63) is 218 Å². The summed E-state index contributed by atoms with van der Waals surface area (Å²) in [5.74, 6) is -0.403. The van der Waals surface area contributed by atoms with Crippen molar-refractivity contribution in [1.29, 1.82) is 0 Å². The molecule has 4 saturated carbocycles. The maximum atomic E-state index is 14.6. The van der Waals surface area contributed by atoms with Gasteiger partial charge in [-0.25, -0.2) is 9.59 Å². The fraction of sp³-hybridized carbons (Fsp3) is 0.466. The van der Waals surface area contributed by atoms with Gasteiger partial charge in [-0.3, -0.25) is 57.9 Å². The number of piperidine rings is 1. The molecule has 32 heteroatoms. The molecule has 7 fully saturated rings. The number of imide groups is 1. The monoisotopic (exact) mass is 1910 g/mol. The van der Waals surface area contributed by atoms with Crippen LogP contribution in [0.4, 0.5) is 4.79 Å². The number of likely N-dealkylation sites (tertiary alicyclic amines) is 1. The number of fused-ring (bicyclic) bond motifs is 1. The molecule has 10 N–H and O–H groups in total.